The molecule has 80 valence electrons. The Balaban J connectivity index is 1.98. The van der Waals surface area contributed by atoms with Gasteiger partial charge in [0.25, 0.3) is 0 Å². The van der Waals surface area contributed by atoms with Crippen LogP contribution in [0.5, 0.6) is 0 Å². The highest BCUT2D eigenvalue weighted by Gasteiger charge is 1.88. The average molecular weight is 232 g/mol. The first kappa shape index (κ1) is 10.6. The molecule has 0 fully saturated rings. The molecule has 1 aromatic heterocycles. The number of pyridine rings is 1. The predicted molar refractivity (Wildman–Crippen MR) is 66.9 cm³/mol. The molecule has 0 aliphatic heterocycles. The highest BCUT2D eigenvalue weighted by atomic mass is 35.5. The van der Waals surface area contributed by atoms with E-state index in [4.69, 9.17) is 11.6 Å². The van der Waals surface area contributed by atoms with Crippen LogP contribution in [-0.2, 0) is 0 Å². The molecule has 0 unspecified atom stereocenters. The van der Waals surface area contributed by atoms with Crippen molar-refractivity contribution in [3.8, 4) is 0 Å². The zero-order chi connectivity index (χ0) is 11.2. The molecule has 0 spiro atoms. The first-order valence-corrected chi connectivity index (χ1v) is 5.17. The fourth-order valence-corrected chi connectivity index (χ4v) is 1.28. The molecule has 2 rings (SSSR count). The molecule has 0 bridgehead atoms. The number of benzene rings is 1. The Kier molecular flexibility index (Phi) is 3.51. The fourth-order valence-electron chi connectivity index (χ4n) is 1.16. The number of hydrogen-bond acceptors (Lipinski definition) is 3. The lowest BCUT2D eigenvalue weighted by molar-refractivity contribution is 1.28. The van der Waals surface area contributed by atoms with Crippen LogP contribution in [0.3, 0.4) is 0 Å². The van der Waals surface area contributed by atoms with Gasteiger partial charge in [0.15, 0.2) is 0 Å². The SMILES string of the molecule is Clc1ccc(/C=N/Nc2ccncc2)cc1. The van der Waals surface area contributed by atoms with Gasteiger partial charge in [-0.15, -0.1) is 0 Å². The maximum atomic E-state index is 5.77. The number of hydrogen-bond donors (Lipinski definition) is 1. The third-order valence-corrected chi connectivity index (χ3v) is 2.21. The second-order valence-electron chi connectivity index (χ2n) is 3.16. The van der Waals surface area contributed by atoms with Crippen LogP contribution in [0.25, 0.3) is 0 Å². The number of anilines is 1. The van der Waals surface area contributed by atoms with Crippen molar-refractivity contribution in [1.82, 2.24) is 4.98 Å². The molecule has 0 radical (unpaired) electrons. The molecule has 3 nitrogen and oxygen atoms in total. The third kappa shape index (κ3) is 3.07. The Labute approximate surface area is 98.8 Å². The fraction of sp³-hybridized carbons (Fsp3) is 0. The van der Waals surface area contributed by atoms with Gasteiger partial charge in [0.1, 0.15) is 0 Å². The number of nitrogens with zero attached hydrogens (tertiary/aromatic N) is 2. The van der Waals surface area contributed by atoms with Crippen LogP contribution >= 0.6 is 11.6 Å². The summed E-state index contributed by atoms with van der Waals surface area (Å²) in [5, 5.41) is 4.82. The van der Waals surface area contributed by atoms with E-state index in [1.54, 1.807) is 18.6 Å². The van der Waals surface area contributed by atoms with E-state index in [2.05, 4.69) is 15.5 Å². The van der Waals surface area contributed by atoms with Crippen molar-refractivity contribution in [3.63, 3.8) is 0 Å². The molecule has 0 saturated heterocycles. The van der Waals surface area contributed by atoms with Crippen molar-refractivity contribution < 1.29 is 0 Å². The summed E-state index contributed by atoms with van der Waals surface area (Å²) in [6.45, 7) is 0. The second kappa shape index (κ2) is 5.28. The Morgan fingerprint density at radius 1 is 1.06 bits per heavy atom. The minimum absolute atomic E-state index is 0.722. The van der Waals surface area contributed by atoms with Gasteiger partial charge in [0.05, 0.1) is 11.9 Å². The summed E-state index contributed by atoms with van der Waals surface area (Å²) < 4.78 is 0. The summed E-state index contributed by atoms with van der Waals surface area (Å²) in [6.07, 6.45) is 5.15. The van der Waals surface area contributed by atoms with Crippen molar-refractivity contribution in [1.29, 1.82) is 0 Å². The molecule has 1 aromatic carbocycles. The Hall–Kier alpha value is -1.87. The van der Waals surface area contributed by atoms with E-state index in [1.807, 2.05) is 36.4 Å². The molecule has 0 saturated carbocycles. The standard InChI is InChI=1S/C12H10ClN3/c13-11-3-1-10(2-4-11)9-15-16-12-5-7-14-8-6-12/h1-9H,(H,14,16)/b15-9+. The highest BCUT2D eigenvalue weighted by molar-refractivity contribution is 6.30. The molecular formula is C12H10ClN3. The minimum atomic E-state index is 0.722. The third-order valence-electron chi connectivity index (χ3n) is 1.96. The van der Waals surface area contributed by atoms with Crippen molar-refractivity contribution in [3.05, 3.63) is 59.4 Å². The van der Waals surface area contributed by atoms with Gasteiger partial charge in [-0.2, -0.15) is 5.10 Å². The number of hydrazone groups is 1. The van der Waals surface area contributed by atoms with E-state index in [1.165, 1.54) is 0 Å². The number of rotatable bonds is 3. The molecule has 1 heterocycles. The number of halogens is 1. The normalized spacial score (nSPS) is 10.6. The molecule has 0 aliphatic carbocycles. The topological polar surface area (TPSA) is 37.3 Å². The van der Waals surface area contributed by atoms with Crippen LogP contribution in [0, 0.1) is 0 Å². The lowest BCUT2D eigenvalue weighted by atomic mass is 10.2. The summed E-state index contributed by atoms with van der Waals surface area (Å²) >= 11 is 5.77. The molecule has 2 aromatic rings. The molecule has 4 heteroatoms. The summed E-state index contributed by atoms with van der Waals surface area (Å²) in [7, 11) is 0. The van der Waals surface area contributed by atoms with E-state index in [9.17, 15) is 0 Å². The largest absolute Gasteiger partial charge is 0.278 e. The van der Waals surface area contributed by atoms with Crippen LogP contribution in [0.2, 0.25) is 5.02 Å². The van der Waals surface area contributed by atoms with Gasteiger partial charge >= 0.3 is 0 Å². The first-order valence-electron chi connectivity index (χ1n) is 4.79. The van der Waals surface area contributed by atoms with Crippen molar-refractivity contribution in [2.24, 2.45) is 5.10 Å². The lowest BCUT2D eigenvalue weighted by Gasteiger charge is -1.98. The second-order valence-corrected chi connectivity index (χ2v) is 3.59. The van der Waals surface area contributed by atoms with E-state index in [0.29, 0.717) is 0 Å². The van der Waals surface area contributed by atoms with Crippen LogP contribution in [0.1, 0.15) is 5.56 Å². The molecule has 16 heavy (non-hydrogen) atoms. The zero-order valence-corrected chi connectivity index (χ0v) is 9.22. The Morgan fingerprint density at radius 3 is 2.44 bits per heavy atom. The van der Waals surface area contributed by atoms with Gasteiger partial charge in [-0.1, -0.05) is 23.7 Å². The summed E-state index contributed by atoms with van der Waals surface area (Å²) in [6, 6.07) is 11.2. The minimum Gasteiger partial charge on any atom is -0.278 e. The van der Waals surface area contributed by atoms with Gasteiger partial charge < -0.3 is 0 Å². The van der Waals surface area contributed by atoms with Gasteiger partial charge in [-0.05, 0) is 29.8 Å². The van der Waals surface area contributed by atoms with Gasteiger partial charge in [-0.25, -0.2) is 0 Å². The van der Waals surface area contributed by atoms with Gasteiger partial charge in [0.2, 0.25) is 0 Å². The summed E-state index contributed by atoms with van der Waals surface area (Å²) in [5.41, 5.74) is 4.80. The maximum absolute atomic E-state index is 5.77. The van der Waals surface area contributed by atoms with E-state index in [-0.39, 0.29) is 0 Å². The van der Waals surface area contributed by atoms with Crippen molar-refractivity contribution >= 4 is 23.5 Å². The molecule has 0 atom stereocenters. The lowest BCUT2D eigenvalue weighted by Crippen LogP contribution is -1.90. The highest BCUT2D eigenvalue weighted by Crippen LogP contribution is 2.08. The summed E-state index contributed by atoms with van der Waals surface area (Å²) in [5.74, 6) is 0. The van der Waals surface area contributed by atoms with E-state index in [0.717, 1.165) is 16.3 Å². The Morgan fingerprint density at radius 2 is 1.75 bits per heavy atom. The molecule has 1 N–H and O–H groups in total. The monoisotopic (exact) mass is 231 g/mol. The van der Waals surface area contributed by atoms with E-state index < -0.39 is 0 Å². The van der Waals surface area contributed by atoms with Gasteiger partial charge in [-0.3, -0.25) is 10.4 Å². The van der Waals surface area contributed by atoms with Crippen molar-refractivity contribution in [2.75, 3.05) is 5.43 Å². The van der Waals surface area contributed by atoms with Crippen LogP contribution < -0.4 is 5.43 Å². The van der Waals surface area contributed by atoms with Crippen molar-refractivity contribution in [2.45, 2.75) is 0 Å². The Bertz CT molecular complexity index is 465. The van der Waals surface area contributed by atoms with Crippen LogP contribution in [0.15, 0.2) is 53.9 Å². The zero-order valence-electron chi connectivity index (χ0n) is 8.47. The number of nitrogens with one attached hydrogen (secondary N) is 1. The predicted octanol–water partition coefficient (Wildman–Crippen LogP) is 3.18. The van der Waals surface area contributed by atoms with Gasteiger partial charge in [0, 0.05) is 17.4 Å². The quantitative estimate of drug-likeness (QED) is 0.651. The van der Waals surface area contributed by atoms with Crippen LogP contribution in [0.4, 0.5) is 5.69 Å². The molecular weight excluding hydrogens is 222 g/mol. The smallest absolute Gasteiger partial charge is 0.0592 e. The summed E-state index contributed by atoms with van der Waals surface area (Å²) in [4.78, 5) is 3.91. The molecule has 0 aliphatic rings. The number of aromatic nitrogens is 1. The van der Waals surface area contributed by atoms with E-state index >= 15 is 0 Å². The first-order chi connectivity index (χ1) is 7.84. The maximum Gasteiger partial charge on any atom is 0.0592 e. The molecule has 0 amide bonds. The van der Waals surface area contributed by atoms with Crippen LogP contribution in [-0.4, -0.2) is 11.2 Å². The average Bonchev–Trinajstić information content (AvgIpc) is 2.33.